The van der Waals surface area contributed by atoms with E-state index in [0.717, 1.165) is 19.2 Å². The lowest BCUT2D eigenvalue weighted by Gasteiger charge is -2.20. The van der Waals surface area contributed by atoms with Crippen molar-refractivity contribution in [3.8, 4) is 0 Å². The Morgan fingerprint density at radius 2 is 2.10 bits per heavy atom. The quantitative estimate of drug-likeness (QED) is 0.312. The van der Waals surface area contributed by atoms with Gasteiger partial charge in [0.1, 0.15) is 17.8 Å². The molecule has 0 saturated heterocycles. The summed E-state index contributed by atoms with van der Waals surface area (Å²) >= 11 is 0. The van der Waals surface area contributed by atoms with E-state index in [2.05, 4.69) is 22.1 Å². The molecule has 0 aliphatic heterocycles. The van der Waals surface area contributed by atoms with Crippen LogP contribution in [0.15, 0.2) is 10.1 Å². The number of nitrogens with one attached hydrogen (secondary N) is 2. The van der Waals surface area contributed by atoms with Gasteiger partial charge < -0.3 is 10.1 Å². The highest BCUT2D eigenvalue weighted by Gasteiger charge is 2.15. The highest BCUT2D eigenvalue weighted by molar-refractivity contribution is 5.87. The van der Waals surface area contributed by atoms with Crippen molar-refractivity contribution in [3.05, 3.63) is 0 Å². The Morgan fingerprint density at radius 1 is 1.43 bits per heavy atom. The van der Waals surface area contributed by atoms with E-state index in [-0.39, 0.29) is 0 Å². The number of ether oxygens (including phenoxy) is 1. The summed E-state index contributed by atoms with van der Waals surface area (Å²) in [6.07, 6.45) is 2.91. The molecule has 0 atom stereocenters. The number of hydrazone groups is 1. The van der Waals surface area contributed by atoms with Crippen molar-refractivity contribution in [1.29, 1.82) is 5.41 Å². The van der Waals surface area contributed by atoms with Crippen LogP contribution in [0.4, 0.5) is 4.79 Å². The zero-order valence-electron chi connectivity index (χ0n) is 13.5. The molecule has 0 fully saturated rings. The molecule has 21 heavy (non-hydrogen) atoms. The van der Waals surface area contributed by atoms with Crippen LogP contribution >= 0.6 is 0 Å². The van der Waals surface area contributed by atoms with Gasteiger partial charge in [-0.1, -0.05) is 6.92 Å². The Morgan fingerprint density at radius 3 is 2.57 bits per heavy atom. The summed E-state index contributed by atoms with van der Waals surface area (Å²) in [4.78, 5) is 15.4. The van der Waals surface area contributed by atoms with Crippen LogP contribution in [0.5, 0.6) is 0 Å². The van der Waals surface area contributed by atoms with Crippen LogP contribution in [-0.4, -0.2) is 48.7 Å². The molecule has 1 amide bonds. The van der Waals surface area contributed by atoms with Gasteiger partial charge in [0.25, 0.3) is 0 Å². The predicted octanol–water partition coefficient (Wildman–Crippen LogP) is 2.62. The Labute approximate surface area is 127 Å². The topological polar surface area (TPSA) is 90.1 Å². The number of nitrogens with zero attached hydrogens (tertiary/aromatic N) is 3. The fourth-order valence-corrected chi connectivity index (χ4v) is 1.59. The fraction of sp³-hybridized carbons (Fsp3) is 0.714. The molecule has 0 aromatic carbocycles. The Bertz CT molecular complexity index is 374. The summed E-state index contributed by atoms with van der Waals surface area (Å²) in [5, 5.41) is 15.3. The maximum absolute atomic E-state index is 11.4. The van der Waals surface area contributed by atoms with Gasteiger partial charge in [0, 0.05) is 26.2 Å². The molecule has 0 saturated carbocycles. The third-order valence-electron chi connectivity index (χ3n) is 2.46. The number of hydrogen-bond donors (Lipinski definition) is 2. The van der Waals surface area contributed by atoms with Crippen molar-refractivity contribution in [2.75, 3.05) is 13.1 Å². The minimum Gasteiger partial charge on any atom is -0.444 e. The monoisotopic (exact) mass is 297 g/mol. The van der Waals surface area contributed by atoms with Gasteiger partial charge in [-0.15, -0.1) is 0 Å². The van der Waals surface area contributed by atoms with Crippen LogP contribution in [0.2, 0.25) is 0 Å². The van der Waals surface area contributed by atoms with E-state index < -0.39 is 11.7 Å². The summed E-state index contributed by atoms with van der Waals surface area (Å²) in [6, 6.07) is 0. The Balaban J connectivity index is 3.98. The first kappa shape index (κ1) is 19.1. The first-order chi connectivity index (χ1) is 9.84. The van der Waals surface area contributed by atoms with E-state index in [1.165, 1.54) is 0 Å². The number of hydrogen-bond acceptors (Lipinski definition) is 4. The van der Waals surface area contributed by atoms with Gasteiger partial charge in [-0.25, -0.2) is 9.79 Å². The first-order valence-electron chi connectivity index (χ1n) is 7.10. The van der Waals surface area contributed by atoms with Crippen molar-refractivity contribution >= 4 is 25.0 Å². The molecule has 0 unspecified atom stereocenters. The van der Waals surface area contributed by atoms with Crippen LogP contribution in [0, 0.1) is 5.41 Å². The molecule has 0 spiro atoms. The van der Waals surface area contributed by atoms with Gasteiger partial charge in [-0.2, -0.15) is 5.10 Å². The normalized spacial score (nSPS) is 11.7. The number of alkyl carbamates (subject to hydrolysis) is 1. The predicted molar refractivity (Wildman–Crippen MR) is 86.2 cm³/mol. The van der Waals surface area contributed by atoms with Crippen molar-refractivity contribution in [2.45, 2.75) is 52.6 Å². The number of amides is 1. The van der Waals surface area contributed by atoms with Crippen LogP contribution in [0.1, 0.15) is 47.0 Å². The molecule has 2 N–H and O–H groups in total. The van der Waals surface area contributed by atoms with E-state index in [0.29, 0.717) is 25.3 Å². The van der Waals surface area contributed by atoms with Crippen LogP contribution < -0.4 is 5.32 Å². The molecule has 0 aromatic heterocycles. The zero-order chi connectivity index (χ0) is 16.3. The largest absolute Gasteiger partial charge is 0.444 e. The molecule has 0 aromatic rings. The van der Waals surface area contributed by atoms with Crippen molar-refractivity contribution in [3.63, 3.8) is 0 Å². The van der Waals surface area contributed by atoms with E-state index in [1.54, 1.807) is 5.01 Å². The Hall–Kier alpha value is -1.92. The summed E-state index contributed by atoms with van der Waals surface area (Å²) in [5.41, 5.74) is -0.479. The second-order valence-electron chi connectivity index (χ2n) is 5.43. The molecule has 0 radical (unpaired) electrons. The molecule has 120 valence electrons. The average Bonchev–Trinajstić information content (AvgIpc) is 2.38. The van der Waals surface area contributed by atoms with Gasteiger partial charge in [0.2, 0.25) is 0 Å². The molecule has 0 heterocycles. The molecule has 0 aliphatic rings. The van der Waals surface area contributed by atoms with E-state index in [1.807, 2.05) is 27.7 Å². The molecule has 7 nitrogen and oxygen atoms in total. The minimum absolute atomic E-state index is 0.402. The molecular weight excluding hydrogens is 270 g/mol. The molecule has 0 bridgehead atoms. The number of carbonyl (C=O) groups is 1. The summed E-state index contributed by atoms with van der Waals surface area (Å²) in [7, 11) is 0. The third-order valence-corrected chi connectivity index (χ3v) is 2.46. The van der Waals surface area contributed by atoms with Gasteiger partial charge in [0.15, 0.2) is 0 Å². The molecular formula is C14H27N5O2. The average molecular weight is 297 g/mol. The van der Waals surface area contributed by atoms with Crippen LogP contribution in [0.3, 0.4) is 0 Å². The third kappa shape index (κ3) is 9.59. The molecule has 7 heteroatoms. The summed E-state index contributed by atoms with van der Waals surface area (Å²) < 4.78 is 5.14. The first-order valence-corrected chi connectivity index (χ1v) is 7.10. The zero-order valence-corrected chi connectivity index (χ0v) is 13.5. The fourth-order valence-electron chi connectivity index (χ4n) is 1.59. The molecule has 0 aliphatic carbocycles. The van der Waals surface area contributed by atoms with Crippen LogP contribution in [0.25, 0.3) is 0 Å². The van der Waals surface area contributed by atoms with Crippen molar-refractivity contribution < 1.29 is 9.53 Å². The Kier molecular flexibility index (Phi) is 9.00. The number of rotatable bonds is 8. The van der Waals surface area contributed by atoms with Crippen molar-refractivity contribution in [1.82, 2.24) is 10.3 Å². The standard InChI is InChI=1S/C14H27N5O2/c1-6-12(18-11-15)19(16-5)10-8-7-9-17-13(20)21-14(2,3)4/h11,15H,5-10H2,1-4H3,(H,17,20). The van der Waals surface area contributed by atoms with E-state index in [9.17, 15) is 4.79 Å². The van der Waals surface area contributed by atoms with Gasteiger partial charge in [-0.3, -0.25) is 10.4 Å². The highest BCUT2D eigenvalue weighted by Crippen LogP contribution is 2.06. The highest BCUT2D eigenvalue weighted by atomic mass is 16.6. The SMILES string of the molecule is C=NN(CCCCNC(=O)OC(C)(C)C)C(CC)=NC=N. The number of aliphatic imine (C=N–C) groups is 1. The minimum atomic E-state index is -0.479. The van der Waals surface area contributed by atoms with Crippen LogP contribution in [-0.2, 0) is 4.74 Å². The lowest BCUT2D eigenvalue weighted by molar-refractivity contribution is 0.0527. The number of amidine groups is 1. The maximum atomic E-state index is 11.4. The molecule has 0 rings (SSSR count). The van der Waals surface area contributed by atoms with E-state index in [4.69, 9.17) is 10.1 Å². The smallest absolute Gasteiger partial charge is 0.407 e. The maximum Gasteiger partial charge on any atom is 0.407 e. The van der Waals surface area contributed by atoms with Crippen molar-refractivity contribution in [2.24, 2.45) is 10.1 Å². The second-order valence-corrected chi connectivity index (χ2v) is 5.43. The number of carbonyl (C=O) groups excluding carboxylic acids is 1. The summed E-state index contributed by atoms with van der Waals surface area (Å²) in [6.45, 7) is 12.1. The lowest BCUT2D eigenvalue weighted by atomic mass is 10.2. The summed E-state index contributed by atoms with van der Waals surface area (Å²) in [5.74, 6) is 0.708. The van der Waals surface area contributed by atoms with Gasteiger partial charge in [-0.05, 0) is 33.6 Å². The number of unbranched alkanes of at least 4 members (excludes halogenated alkanes) is 1. The van der Waals surface area contributed by atoms with E-state index >= 15 is 0 Å². The van der Waals surface area contributed by atoms with Gasteiger partial charge >= 0.3 is 6.09 Å². The van der Waals surface area contributed by atoms with Gasteiger partial charge in [0.05, 0.1) is 0 Å². The lowest BCUT2D eigenvalue weighted by Crippen LogP contribution is -2.33. The second kappa shape index (κ2) is 9.90.